The van der Waals surface area contributed by atoms with Crippen LogP contribution in [0.3, 0.4) is 0 Å². The molecule has 68 valence electrons. The van der Waals surface area contributed by atoms with Gasteiger partial charge < -0.3 is 0 Å². The highest BCUT2D eigenvalue weighted by Crippen LogP contribution is 2.52. The first kappa shape index (κ1) is 8.28. The fourth-order valence-corrected chi connectivity index (χ4v) is 3.25. The van der Waals surface area contributed by atoms with Gasteiger partial charge in [-0.3, -0.25) is 4.79 Å². The zero-order chi connectivity index (χ0) is 8.60. The van der Waals surface area contributed by atoms with Gasteiger partial charge in [0.1, 0.15) is 5.78 Å². The largest absolute Gasteiger partial charge is 0.299 e. The van der Waals surface area contributed by atoms with E-state index in [1.807, 2.05) is 0 Å². The molecule has 0 amide bonds. The standard InChI is InChI=1S/C11H18O/c1-2-11-7-4-3-5-9(11)10(12)6-8-11/h9H,2-8H2,1H3. The Morgan fingerprint density at radius 2 is 2.25 bits per heavy atom. The highest BCUT2D eigenvalue weighted by atomic mass is 16.1. The van der Waals surface area contributed by atoms with Gasteiger partial charge >= 0.3 is 0 Å². The van der Waals surface area contributed by atoms with Crippen molar-refractivity contribution in [1.29, 1.82) is 0 Å². The van der Waals surface area contributed by atoms with E-state index in [0.717, 1.165) is 6.42 Å². The summed E-state index contributed by atoms with van der Waals surface area (Å²) in [6.07, 6.45) is 8.44. The Hall–Kier alpha value is -0.330. The minimum absolute atomic E-state index is 0.454. The minimum atomic E-state index is 0.454. The van der Waals surface area contributed by atoms with Gasteiger partial charge in [-0.05, 0) is 31.1 Å². The molecule has 2 atom stereocenters. The third kappa shape index (κ3) is 1.02. The van der Waals surface area contributed by atoms with Gasteiger partial charge in [0.05, 0.1) is 0 Å². The number of hydrogen-bond donors (Lipinski definition) is 0. The molecule has 0 aromatic heterocycles. The molecular formula is C11H18O. The highest BCUT2D eigenvalue weighted by Gasteiger charge is 2.47. The maximum atomic E-state index is 11.6. The molecule has 2 unspecified atom stereocenters. The zero-order valence-electron chi connectivity index (χ0n) is 7.94. The lowest BCUT2D eigenvalue weighted by molar-refractivity contribution is -0.123. The summed E-state index contributed by atoms with van der Waals surface area (Å²) in [6, 6.07) is 0. The van der Waals surface area contributed by atoms with E-state index in [9.17, 15) is 4.79 Å². The number of Topliss-reactive ketones (excluding diaryl/α,β-unsaturated/α-hetero) is 1. The number of fused-ring (bicyclic) bond motifs is 1. The lowest BCUT2D eigenvalue weighted by atomic mass is 9.66. The topological polar surface area (TPSA) is 17.1 Å². The van der Waals surface area contributed by atoms with Crippen molar-refractivity contribution < 1.29 is 4.79 Å². The van der Waals surface area contributed by atoms with Crippen LogP contribution in [0.1, 0.15) is 51.9 Å². The summed E-state index contributed by atoms with van der Waals surface area (Å²) in [5.74, 6) is 1.02. The van der Waals surface area contributed by atoms with E-state index in [2.05, 4.69) is 6.92 Å². The third-order valence-corrected chi connectivity index (χ3v) is 4.12. The van der Waals surface area contributed by atoms with Gasteiger partial charge in [-0.15, -0.1) is 0 Å². The number of hydrogen-bond acceptors (Lipinski definition) is 1. The number of rotatable bonds is 1. The van der Waals surface area contributed by atoms with Crippen LogP contribution in [0.5, 0.6) is 0 Å². The maximum absolute atomic E-state index is 11.6. The van der Waals surface area contributed by atoms with Gasteiger partial charge in [0.25, 0.3) is 0 Å². The molecule has 2 fully saturated rings. The summed E-state index contributed by atoms with van der Waals surface area (Å²) in [5, 5.41) is 0. The van der Waals surface area contributed by atoms with Gasteiger partial charge in [0, 0.05) is 12.3 Å². The molecular weight excluding hydrogens is 148 g/mol. The van der Waals surface area contributed by atoms with Gasteiger partial charge in [0.15, 0.2) is 0 Å². The molecule has 0 radical (unpaired) electrons. The Morgan fingerprint density at radius 3 is 2.92 bits per heavy atom. The van der Waals surface area contributed by atoms with Crippen LogP contribution in [0.25, 0.3) is 0 Å². The van der Waals surface area contributed by atoms with Crippen molar-refractivity contribution in [2.45, 2.75) is 51.9 Å². The Kier molecular flexibility index (Phi) is 1.97. The zero-order valence-corrected chi connectivity index (χ0v) is 7.94. The normalized spacial score (nSPS) is 41.4. The second-order valence-corrected chi connectivity index (χ2v) is 4.48. The van der Waals surface area contributed by atoms with Crippen LogP contribution in [-0.2, 0) is 4.79 Å². The van der Waals surface area contributed by atoms with E-state index in [1.165, 1.54) is 38.5 Å². The van der Waals surface area contributed by atoms with Crippen LogP contribution in [0.15, 0.2) is 0 Å². The number of ketones is 1. The fourth-order valence-electron chi connectivity index (χ4n) is 3.25. The molecule has 0 aliphatic heterocycles. The van der Waals surface area contributed by atoms with Crippen molar-refractivity contribution in [3.63, 3.8) is 0 Å². The van der Waals surface area contributed by atoms with Crippen LogP contribution in [0.4, 0.5) is 0 Å². The molecule has 2 rings (SSSR count). The molecule has 0 aromatic rings. The minimum Gasteiger partial charge on any atom is -0.299 e. The van der Waals surface area contributed by atoms with Crippen molar-refractivity contribution in [1.82, 2.24) is 0 Å². The molecule has 0 N–H and O–H groups in total. The van der Waals surface area contributed by atoms with Gasteiger partial charge in [-0.1, -0.05) is 19.8 Å². The molecule has 12 heavy (non-hydrogen) atoms. The first-order chi connectivity index (χ1) is 5.78. The molecule has 1 heteroatoms. The summed E-state index contributed by atoms with van der Waals surface area (Å²) < 4.78 is 0. The first-order valence-electron chi connectivity index (χ1n) is 5.31. The second-order valence-electron chi connectivity index (χ2n) is 4.48. The Labute approximate surface area is 74.5 Å². The average molecular weight is 166 g/mol. The SMILES string of the molecule is CCC12CCCCC1C(=O)CC2. The molecule has 2 aliphatic rings. The van der Waals surface area contributed by atoms with Gasteiger partial charge in [-0.2, -0.15) is 0 Å². The molecule has 0 heterocycles. The molecule has 1 nitrogen and oxygen atoms in total. The highest BCUT2D eigenvalue weighted by molar-refractivity contribution is 5.84. The van der Waals surface area contributed by atoms with Crippen molar-refractivity contribution in [3.05, 3.63) is 0 Å². The van der Waals surface area contributed by atoms with Crippen LogP contribution in [0.2, 0.25) is 0 Å². The van der Waals surface area contributed by atoms with E-state index in [1.54, 1.807) is 0 Å². The van der Waals surface area contributed by atoms with E-state index in [4.69, 9.17) is 0 Å². The van der Waals surface area contributed by atoms with Crippen molar-refractivity contribution in [3.8, 4) is 0 Å². The first-order valence-corrected chi connectivity index (χ1v) is 5.31. The molecule has 0 saturated heterocycles. The molecule has 2 saturated carbocycles. The number of carbonyl (C=O) groups excluding carboxylic acids is 1. The van der Waals surface area contributed by atoms with Crippen LogP contribution >= 0.6 is 0 Å². The third-order valence-electron chi connectivity index (χ3n) is 4.12. The van der Waals surface area contributed by atoms with Crippen molar-refractivity contribution >= 4 is 5.78 Å². The lowest BCUT2D eigenvalue weighted by Crippen LogP contribution is -2.31. The molecule has 0 spiro atoms. The smallest absolute Gasteiger partial charge is 0.136 e. The van der Waals surface area contributed by atoms with Crippen LogP contribution < -0.4 is 0 Å². The lowest BCUT2D eigenvalue weighted by Gasteiger charge is -2.37. The quantitative estimate of drug-likeness (QED) is 0.585. The van der Waals surface area contributed by atoms with E-state index in [0.29, 0.717) is 17.1 Å². The Balaban J connectivity index is 2.22. The predicted octanol–water partition coefficient (Wildman–Crippen LogP) is 2.94. The van der Waals surface area contributed by atoms with Gasteiger partial charge in [0.2, 0.25) is 0 Å². The Bertz CT molecular complexity index is 197. The van der Waals surface area contributed by atoms with Crippen molar-refractivity contribution in [2.75, 3.05) is 0 Å². The van der Waals surface area contributed by atoms with Crippen LogP contribution in [-0.4, -0.2) is 5.78 Å². The van der Waals surface area contributed by atoms with E-state index < -0.39 is 0 Å². The summed E-state index contributed by atoms with van der Waals surface area (Å²) >= 11 is 0. The summed E-state index contributed by atoms with van der Waals surface area (Å²) in [6.45, 7) is 2.26. The maximum Gasteiger partial charge on any atom is 0.136 e. The van der Waals surface area contributed by atoms with Crippen LogP contribution in [0, 0.1) is 11.3 Å². The molecule has 0 aromatic carbocycles. The summed E-state index contributed by atoms with van der Waals surface area (Å²) in [5.41, 5.74) is 0.454. The number of carbonyl (C=O) groups is 1. The van der Waals surface area contributed by atoms with Crippen molar-refractivity contribution in [2.24, 2.45) is 11.3 Å². The molecule has 2 aliphatic carbocycles. The van der Waals surface area contributed by atoms with E-state index >= 15 is 0 Å². The average Bonchev–Trinajstić information content (AvgIpc) is 2.46. The predicted molar refractivity (Wildman–Crippen MR) is 48.9 cm³/mol. The second kappa shape index (κ2) is 2.86. The summed E-state index contributed by atoms with van der Waals surface area (Å²) in [4.78, 5) is 11.6. The summed E-state index contributed by atoms with van der Waals surface area (Å²) in [7, 11) is 0. The fraction of sp³-hybridized carbons (Fsp3) is 0.909. The Morgan fingerprint density at radius 1 is 1.42 bits per heavy atom. The monoisotopic (exact) mass is 166 g/mol. The molecule has 0 bridgehead atoms. The van der Waals surface area contributed by atoms with Gasteiger partial charge in [-0.25, -0.2) is 0 Å². The van der Waals surface area contributed by atoms with E-state index in [-0.39, 0.29) is 0 Å².